The van der Waals surface area contributed by atoms with E-state index in [1.54, 1.807) is 69.5 Å². The number of carbonyl (C=O) groups excluding carboxylic acids is 1. The van der Waals surface area contributed by atoms with Gasteiger partial charge in [0.25, 0.3) is 11.2 Å². The fourth-order valence-corrected chi connectivity index (χ4v) is 6.01. The lowest BCUT2D eigenvalue weighted by Gasteiger charge is -2.25. The van der Waals surface area contributed by atoms with E-state index in [2.05, 4.69) is 4.99 Å². The van der Waals surface area contributed by atoms with E-state index in [9.17, 15) is 19.7 Å². The molecule has 1 atom stereocenters. The van der Waals surface area contributed by atoms with Crippen LogP contribution in [0.1, 0.15) is 43.5 Å². The van der Waals surface area contributed by atoms with Gasteiger partial charge in [0.05, 0.1) is 47.1 Å². The first kappa shape index (κ1) is 31.2. The van der Waals surface area contributed by atoms with E-state index in [1.807, 2.05) is 19.1 Å². The molecule has 0 N–H and O–H groups in total. The van der Waals surface area contributed by atoms with Crippen LogP contribution in [0.2, 0.25) is 0 Å². The maximum Gasteiger partial charge on any atom is 0.338 e. The standard InChI is InChI=1S/C33H31N3O8S/c1-5-42-27-18-23(12-15-26(27)41-4)30-29(32(38)43-6-2)20(3)34-33-35(30)31(37)28(45-33)17-22-8-7-9-25(16-22)44-19-21-10-13-24(14-11-21)36(39)40/h7-18,30H,5-6,19H2,1-4H3/b28-17-/t30-/m0/s1. The van der Waals surface area contributed by atoms with Gasteiger partial charge in [-0.3, -0.25) is 19.5 Å². The quantitative estimate of drug-likeness (QED) is 0.133. The van der Waals surface area contributed by atoms with Crippen molar-refractivity contribution in [3.63, 3.8) is 0 Å². The lowest BCUT2D eigenvalue weighted by Crippen LogP contribution is -2.40. The highest BCUT2D eigenvalue weighted by Crippen LogP contribution is 2.36. The summed E-state index contributed by atoms with van der Waals surface area (Å²) in [7, 11) is 1.55. The highest BCUT2D eigenvalue weighted by atomic mass is 32.1. The summed E-state index contributed by atoms with van der Waals surface area (Å²) in [6, 6.07) is 17.9. The Morgan fingerprint density at radius 3 is 2.51 bits per heavy atom. The number of carbonyl (C=O) groups is 1. The molecule has 45 heavy (non-hydrogen) atoms. The zero-order valence-corrected chi connectivity index (χ0v) is 26.0. The molecule has 12 heteroatoms. The van der Waals surface area contributed by atoms with Crippen molar-refractivity contribution in [1.82, 2.24) is 4.57 Å². The lowest BCUT2D eigenvalue weighted by molar-refractivity contribution is -0.384. The van der Waals surface area contributed by atoms with Crippen molar-refractivity contribution in [3.8, 4) is 17.2 Å². The molecular formula is C33H31N3O8S. The zero-order chi connectivity index (χ0) is 32.1. The number of aromatic nitrogens is 1. The maximum absolute atomic E-state index is 14.0. The van der Waals surface area contributed by atoms with Crippen LogP contribution in [0, 0.1) is 10.1 Å². The van der Waals surface area contributed by atoms with E-state index in [1.165, 1.54) is 28.0 Å². The Balaban J connectivity index is 1.53. The lowest BCUT2D eigenvalue weighted by atomic mass is 9.95. The number of ether oxygens (including phenoxy) is 4. The van der Waals surface area contributed by atoms with Crippen LogP contribution in [-0.4, -0.2) is 35.8 Å². The number of non-ortho nitro benzene ring substituents is 1. The van der Waals surface area contributed by atoms with Gasteiger partial charge in [-0.25, -0.2) is 9.79 Å². The maximum atomic E-state index is 14.0. The molecular weight excluding hydrogens is 598 g/mol. The van der Waals surface area contributed by atoms with Crippen LogP contribution in [0.15, 0.2) is 87.8 Å². The summed E-state index contributed by atoms with van der Waals surface area (Å²) in [5.74, 6) is 1.03. The summed E-state index contributed by atoms with van der Waals surface area (Å²) in [6.07, 6.45) is 1.75. The fourth-order valence-electron chi connectivity index (χ4n) is 4.96. The number of nitro groups is 1. The predicted octanol–water partition coefficient (Wildman–Crippen LogP) is 4.69. The fraction of sp³-hybridized carbons (Fsp3) is 0.242. The minimum atomic E-state index is -0.802. The summed E-state index contributed by atoms with van der Waals surface area (Å²) in [5, 5.41) is 10.9. The number of fused-ring (bicyclic) bond motifs is 1. The Kier molecular flexibility index (Phi) is 9.43. The summed E-state index contributed by atoms with van der Waals surface area (Å²) in [5.41, 5.74) is 2.57. The van der Waals surface area contributed by atoms with E-state index in [4.69, 9.17) is 18.9 Å². The summed E-state index contributed by atoms with van der Waals surface area (Å²) in [4.78, 5) is 42.8. The largest absolute Gasteiger partial charge is 0.493 e. The smallest absolute Gasteiger partial charge is 0.338 e. The van der Waals surface area contributed by atoms with Gasteiger partial charge in [-0.15, -0.1) is 0 Å². The van der Waals surface area contributed by atoms with E-state index in [-0.39, 0.29) is 30.0 Å². The molecule has 0 saturated carbocycles. The molecule has 0 spiro atoms. The highest BCUT2D eigenvalue weighted by molar-refractivity contribution is 7.07. The number of allylic oxidation sites excluding steroid dienone is 1. The second-order valence-electron chi connectivity index (χ2n) is 9.93. The number of rotatable bonds is 11. The summed E-state index contributed by atoms with van der Waals surface area (Å²) < 4.78 is 24.5. The summed E-state index contributed by atoms with van der Waals surface area (Å²) >= 11 is 1.22. The van der Waals surface area contributed by atoms with E-state index in [0.29, 0.717) is 44.4 Å². The number of hydrogen-bond donors (Lipinski definition) is 0. The Labute approximate surface area is 262 Å². The third-order valence-electron chi connectivity index (χ3n) is 7.03. The second-order valence-corrected chi connectivity index (χ2v) is 10.9. The van der Waals surface area contributed by atoms with Crippen LogP contribution in [0.4, 0.5) is 5.69 Å². The van der Waals surface area contributed by atoms with Crippen molar-refractivity contribution in [2.75, 3.05) is 20.3 Å². The molecule has 11 nitrogen and oxygen atoms in total. The highest BCUT2D eigenvalue weighted by Gasteiger charge is 2.34. The molecule has 3 aromatic carbocycles. The van der Waals surface area contributed by atoms with Crippen LogP contribution >= 0.6 is 11.3 Å². The van der Waals surface area contributed by atoms with E-state index in [0.717, 1.165) is 11.1 Å². The number of methoxy groups -OCH3 is 1. The van der Waals surface area contributed by atoms with Gasteiger partial charge in [-0.2, -0.15) is 0 Å². The molecule has 2 heterocycles. The topological polar surface area (TPSA) is 131 Å². The Morgan fingerprint density at radius 1 is 1.04 bits per heavy atom. The van der Waals surface area contributed by atoms with Crippen LogP contribution in [0.3, 0.4) is 0 Å². The Hall–Kier alpha value is -5.23. The minimum absolute atomic E-state index is 0.00995. The van der Waals surface area contributed by atoms with Crippen LogP contribution in [0.25, 0.3) is 6.08 Å². The Morgan fingerprint density at radius 2 is 1.82 bits per heavy atom. The van der Waals surface area contributed by atoms with Gasteiger partial charge in [0.1, 0.15) is 12.4 Å². The average molecular weight is 630 g/mol. The monoisotopic (exact) mass is 629 g/mol. The van der Waals surface area contributed by atoms with Crippen molar-refractivity contribution in [3.05, 3.63) is 124 Å². The first-order chi connectivity index (χ1) is 21.7. The van der Waals surface area contributed by atoms with Crippen molar-refractivity contribution in [2.45, 2.75) is 33.4 Å². The van der Waals surface area contributed by atoms with E-state index < -0.39 is 16.9 Å². The molecule has 0 unspecified atom stereocenters. The predicted molar refractivity (Wildman–Crippen MR) is 168 cm³/mol. The third-order valence-corrected chi connectivity index (χ3v) is 8.01. The minimum Gasteiger partial charge on any atom is -0.493 e. The van der Waals surface area contributed by atoms with Crippen molar-refractivity contribution in [2.24, 2.45) is 4.99 Å². The number of nitro benzene ring substituents is 1. The molecule has 1 aromatic heterocycles. The molecule has 0 saturated heterocycles. The molecule has 0 fully saturated rings. The molecule has 232 valence electrons. The van der Waals surface area contributed by atoms with Crippen molar-refractivity contribution < 1.29 is 28.7 Å². The molecule has 4 aromatic rings. The van der Waals surface area contributed by atoms with Gasteiger partial charge in [0.2, 0.25) is 0 Å². The third kappa shape index (κ3) is 6.65. The first-order valence-electron chi connectivity index (χ1n) is 14.2. The van der Waals surface area contributed by atoms with Gasteiger partial charge in [-0.1, -0.05) is 29.5 Å². The molecule has 0 bridgehead atoms. The van der Waals surface area contributed by atoms with Gasteiger partial charge >= 0.3 is 5.97 Å². The van der Waals surface area contributed by atoms with Gasteiger partial charge < -0.3 is 18.9 Å². The van der Waals surface area contributed by atoms with Crippen molar-refractivity contribution >= 4 is 29.1 Å². The van der Waals surface area contributed by atoms with Crippen LogP contribution in [-0.2, 0) is 16.1 Å². The molecule has 1 aliphatic rings. The molecule has 0 radical (unpaired) electrons. The van der Waals surface area contributed by atoms with Crippen LogP contribution < -0.4 is 29.1 Å². The van der Waals surface area contributed by atoms with Gasteiger partial charge in [-0.05, 0) is 79.9 Å². The molecule has 1 aliphatic heterocycles. The SMILES string of the molecule is CCOC(=O)C1=C(C)N=c2s/c(=C\c3cccc(OCc4ccc([N+](=O)[O-])cc4)c3)c(=O)n2[C@H]1c1ccc(OC)c(OCC)c1. The van der Waals surface area contributed by atoms with Gasteiger partial charge in [0, 0.05) is 12.1 Å². The number of esters is 1. The van der Waals surface area contributed by atoms with Crippen molar-refractivity contribution in [1.29, 1.82) is 0 Å². The zero-order valence-electron chi connectivity index (χ0n) is 25.1. The van der Waals surface area contributed by atoms with E-state index >= 15 is 0 Å². The Bertz CT molecular complexity index is 1960. The average Bonchev–Trinajstić information content (AvgIpc) is 3.33. The number of thiazole rings is 1. The normalized spacial score (nSPS) is 14.4. The van der Waals surface area contributed by atoms with Crippen LogP contribution in [0.5, 0.6) is 17.2 Å². The number of hydrogen-bond acceptors (Lipinski definition) is 10. The molecule has 0 amide bonds. The second kappa shape index (κ2) is 13.6. The summed E-state index contributed by atoms with van der Waals surface area (Å²) in [6.45, 7) is 6.10. The number of benzene rings is 3. The molecule has 0 aliphatic carbocycles. The number of nitrogens with zero attached hydrogens (tertiary/aromatic N) is 3. The van der Waals surface area contributed by atoms with Gasteiger partial charge in [0.15, 0.2) is 16.3 Å². The first-order valence-corrected chi connectivity index (χ1v) is 15.0. The molecule has 5 rings (SSSR count).